The van der Waals surface area contributed by atoms with Crippen LogP contribution in [0.2, 0.25) is 0 Å². The van der Waals surface area contributed by atoms with Crippen LogP contribution >= 0.6 is 0 Å². The minimum Gasteiger partial charge on any atom is -0.382 e. The Morgan fingerprint density at radius 1 is 1.32 bits per heavy atom. The number of amides is 1. The molecule has 1 unspecified atom stereocenters. The number of carbonyl (C=O) groups is 1. The van der Waals surface area contributed by atoms with Crippen molar-refractivity contribution in [3.05, 3.63) is 42.2 Å². The summed E-state index contributed by atoms with van der Waals surface area (Å²) in [6, 6.07) is 7.43. The maximum absolute atomic E-state index is 12.7. The number of hydrogen-bond acceptors (Lipinski definition) is 5. The van der Waals surface area contributed by atoms with Gasteiger partial charge in [-0.3, -0.25) is 9.78 Å². The van der Waals surface area contributed by atoms with Gasteiger partial charge in [0.05, 0.1) is 24.2 Å². The summed E-state index contributed by atoms with van der Waals surface area (Å²) in [5.74, 6) is 0.430. The average molecular weight is 340 g/mol. The second-order valence-corrected chi connectivity index (χ2v) is 6.29. The third kappa shape index (κ3) is 4.33. The molecular formula is C19H24N4O2. The first-order valence-corrected chi connectivity index (χ1v) is 8.76. The Hall–Kier alpha value is -2.47. The van der Waals surface area contributed by atoms with Crippen LogP contribution in [0.5, 0.6) is 0 Å². The zero-order valence-corrected chi connectivity index (χ0v) is 14.5. The number of ether oxygens (including phenoxy) is 1. The zero-order chi connectivity index (χ0) is 17.6. The van der Waals surface area contributed by atoms with Gasteiger partial charge in [0.2, 0.25) is 0 Å². The Labute approximate surface area is 148 Å². The highest BCUT2D eigenvalue weighted by atomic mass is 16.5. The second kappa shape index (κ2) is 8.07. The van der Waals surface area contributed by atoms with E-state index in [-0.39, 0.29) is 12.0 Å². The van der Waals surface area contributed by atoms with Crippen LogP contribution < -0.4 is 5.73 Å². The molecule has 0 aliphatic carbocycles. The molecule has 1 aliphatic rings. The summed E-state index contributed by atoms with van der Waals surface area (Å²) < 4.78 is 5.82. The SMILES string of the molecule is CCCOC1CCCN(C(=O)c2ccc(-c3cncc(N)n3)cc2)C1. The summed E-state index contributed by atoms with van der Waals surface area (Å²) in [6.45, 7) is 4.30. The Balaban J connectivity index is 1.68. The van der Waals surface area contributed by atoms with Gasteiger partial charge in [0.15, 0.2) is 0 Å². The van der Waals surface area contributed by atoms with Crippen molar-refractivity contribution in [1.29, 1.82) is 0 Å². The van der Waals surface area contributed by atoms with E-state index in [1.54, 1.807) is 6.20 Å². The molecule has 1 aliphatic heterocycles. The normalized spacial score (nSPS) is 17.5. The molecule has 0 saturated carbocycles. The molecule has 0 spiro atoms. The standard InChI is InChI=1S/C19H24N4O2/c1-2-10-25-16-4-3-9-23(13-16)19(24)15-7-5-14(6-8-15)17-11-21-12-18(20)22-17/h5-8,11-12,16H,2-4,9-10,13H2,1H3,(H2,20,22). The monoisotopic (exact) mass is 340 g/mol. The molecular weight excluding hydrogens is 316 g/mol. The van der Waals surface area contributed by atoms with E-state index < -0.39 is 0 Å². The molecule has 3 rings (SSSR count). The van der Waals surface area contributed by atoms with Crippen molar-refractivity contribution >= 4 is 11.7 Å². The fourth-order valence-electron chi connectivity index (χ4n) is 3.03. The topological polar surface area (TPSA) is 81.3 Å². The van der Waals surface area contributed by atoms with Gasteiger partial charge in [-0.1, -0.05) is 19.1 Å². The van der Waals surface area contributed by atoms with Gasteiger partial charge >= 0.3 is 0 Å². The third-order valence-electron chi connectivity index (χ3n) is 4.30. The van der Waals surface area contributed by atoms with Crippen LogP contribution in [0.4, 0.5) is 5.82 Å². The van der Waals surface area contributed by atoms with E-state index in [9.17, 15) is 4.79 Å². The second-order valence-electron chi connectivity index (χ2n) is 6.29. The molecule has 6 heteroatoms. The first kappa shape index (κ1) is 17.4. The molecule has 2 heterocycles. The molecule has 0 radical (unpaired) electrons. The van der Waals surface area contributed by atoms with Crippen molar-refractivity contribution in [1.82, 2.24) is 14.9 Å². The molecule has 2 N–H and O–H groups in total. The molecule has 1 amide bonds. The van der Waals surface area contributed by atoms with Crippen LogP contribution in [0, 0.1) is 0 Å². The summed E-state index contributed by atoms with van der Waals surface area (Å²) >= 11 is 0. The molecule has 1 atom stereocenters. The maximum atomic E-state index is 12.7. The van der Waals surface area contributed by atoms with Gasteiger partial charge in [0.1, 0.15) is 5.82 Å². The fourth-order valence-corrected chi connectivity index (χ4v) is 3.03. The quantitative estimate of drug-likeness (QED) is 0.905. The van der Waals surface area contributed by atoms with Crippen molar-refractivity contribution in [2.45, 2.75) is 32.3 Å². The number of benzene rings is 1. The lowest BCUT2D eigenvalue weighted by Gasteiger charge is -2.32. The summed E-state index contributed by atoms with van der Waals surface area (Å²) in [7, 11) is 0. The minimum absolute atomic E-state index is 0.0509. The third-order valence-corrected chi connectivity index (χ3v) is 4.30. The van der Waals surface area contributed by atoms with Gasteiger partial charge in [-0.05, 0) is 31.4 Å². The molecule has 1 fully saturated rings. The largest absolute Gasteiger partial charge is 0.382 e. The molecule has 132 valence electrons. The van der Waals surface area contributed by atoms with Crippen LogP contribution in [-0.2, 0) is 4.74 Å². The lowest BCUT2D eigenvalue weighted by molar-refractivity contribution is 0.00211. The molecule has 6 nitrogen and oxygen atoms in total. The number of piperidine rings is 1. The van der Waals surface area contributed by atoms with E-state index in [1.165, 1.54) is 6.20 Å². The highest BCUT2D eigenvalue weighted by Crippen LogP contribution is 2.20. The van der Waals surface area contributed by atoms with E-state index in [2.05, 4.69) is 16.9 Å². The van der Waals surface area contributed by atoms with Crippen LogP contribution in [0.3, 0.4) is 0 Å². The van der Waals surface area contributed by atoms with Crippen LogP contribution in [-0.4, -0.2) is 46.6 Å². The number of rotatable bonds is 5. The minimum atomic E-state index is 0.0509. The number of aromatic nitrogens is 2. The van der Waals surface area contributed by atoms with Gasteiger partial charge < -0.3 is 15.4 Å². The highest BCUT2D eigenvalue weighted by Gasteiger charge is 2.24. The fraction of sp³-hybridized carbons (Fsp3) is 0.421. The lowest BCUT2D eigenvalue weighted by Crippen LogP contribution is -2.43. The Morgan fingerprint density at radius 2 is 2.12 bits per heavy atom. The Kier molecular flexibility index (Phi) is 5.60. The van der Waals surface area contributed by atoms with E-state index in [4.69, 9.17) is 10.5 Å². The molecule has 1 saturated heterocycles. The number of nitrogen functional groups attached to an aromatic ring is 1. The van der Waals surface area contributed by atoms with Crippen LogP contribution in [0.1, 0.15) is 36.5 Å². The zero-order valence-electron chi connectivity index (χ0n) is 14.5. The lowest BCUT2D eigenvalue weighted by atomic mass is 10.0. The van der Waals surface area contributed by atoms with Gasteiger partial charge in [-0.25, -0.2) is 4.98 Å². The van der Waals surface area contributed by atoms with Crippen molar-refractivity contribution < 1.29 is 9.53 Å². The summed E-state index contributed by atoms with van der Waals surface area (Å²) in [5, 5.41) is 0. The van der Waals surface area contributed by atoms with Crippen LogP contribution in [0.15, 0.2) is 36.7 Å². The van der Waals surface area contributed by atoms with E-state index in [0.29, 0.717) is 23.6 Å². The van der Waals surface area contributed by atoms with Gasteiger partial charge in [0, 0.05) is 30.8 Å². The first-order valence-electron chi connectivity index (χ1n) is 8.76. The number of carbonyl (C=O) groups excluding carboxylic acids is 1. The van der Waals surface area contributed by atoms with Crippen molar-refractivity contribution in [3.63, 3.8) is 0 Å². The number of nitrogens with zero attached hydrogens (tertiary/aromatic N) is 3. The Bertz CT molecular complexity index is 718. The van der Waals surface area contributed by atoms with Gasteiger partial charge in [0.25, 0.3) is 5.91 Å². The summed E-state index contributed by atoms with van der Waals surface area (Å²) in [6.07, 6.45) is 6.33. The van der Waals surface area contributed by atoms with Gasteiger partial charge in [-0.15, -0.1) is 0 Å². The van der Waals surface area contributed by atoms with Gasteiger partial charge in [-0.2, -0.15) is 0 Å². The predicted molar refractivity (Wildman–Crippen MR) is 97.0 cm³/mol. The smallest absolute Gasteiger partial charge is 0.253 e. The van der Waals surface area contributed by atoms with Crippen LogP contribution in [0.25, 0.3) is 11.3 Å². The maximum Gasteiger partial charge on any atom is 0.253 e. The average Bonchev–Trinajstić information content (AvgIpc) is 2.66. The number of likely N-dealkylation sites (tertiary alicyclic amines) is 1. The first-order chi connectivity index (χ1) is 12.2. The van der Waals surface area contributed by atoms with E-state index in [0.717, 1.165) is 38.0 Å². The summed E-state index contributed by atoms with van der Waals surface area (Å²) in [4.78, 5) is 22.9. The predicted octanol–water partition coefficient (Wildman–Crippen LogP) is 2.76. The van der Waals surface area contributed by atoms with Crippen molar-refractivity contribution in [2.75, 3.05) is 25.4 Å². The molecule has 1 aromatic carbocycles. The van der Waals surface area contributed by atoms with E-state index >= 15 is 0 Å². The number of nitrogens with two attached hydrogens (primary N) is 1. The number of hydrogen-bond donors (Lipinski definition) is 1. The van der Waals surface area contributed by atoms with E-state index in [1.807, 2.05) is 29.2 Å². The Morgan fingerprint density at radius 3 is 2.84 bits per heavy atom. The molecule has 1 aromatic heterocycles. The highest BCUT2D eigenvalue weighted by molar-refractivity contribution is 5.94. The summed E-state index contributed by atoms with van der Waals surface area (Å²) in [5.41, 5.74) is 7.94. The van der Waals surface area contributed by atoms with Crippen molar-refractivity contribution in [3.8, 4) is 11.3 Å². The molecule has 2 aromatic rings. The molecule has 0 bridgehead atoms. The van der Waals surface area contributed by atoms with Crippen molar-refractivity contribution in [2.24, 2.45) is 0 Å². The number of anilines is 1. The molecule has 25 heavy (non-hydrogen) atoms.